The molecule has 2 saturated heterocycles. The highest BCUT2D eigenvalue weighted by Crippen LogP contribution is 2.38. The number of carbonyl (C=O) groups is 3. The molecule has 5 rings (SSSR count). The van der Waals surface area contributed by atoms with Crippen LogP contribution in [0.25, 0.3) is 0 Å². The Labute approximate surface area is 220 Å². The number of ether oxygens (including phenoxy) is 1. The molecule has 3 aromatic carbocycles. The molecule has 8 heteroatoms. The van der Waals surface area contributed by atoms with Gasteiger partial charge in [0.25, 0.3) is 11.8 Å². The lowest BCUT2D eigenvalue weighted by molar-refractivity contribution is -0.128. The average Bonchev–Trinajstić information content (AvgIpc) is 3.33. The zero-order chi connectivity index (χ0) is 25.6. The van der Waals surface area contributed by atoms with Gasteiger partial charge in [0.15, 0.2) is 0 Å². The number of morpholine rings is 1. The SMILES string of the molecule is O=C(Nc1ccccc1C(=O)N1CCOCC1)c1ccc([C@@H]2SCC(=O)N2CCc2ccccc2)cc1. The highest BCUT2D eigenvalue weighted by molar-refractivity contribution is 8.00. The fraction of sp³-hybridized carbons (Fsp3) is 0.276. The van der Waals surface area contributed by atoms with Crippen LogP contribution >= 0.6 is 11.8 Å². The van der Waals surface area contributed by atoms with Crippen molar-refractivity contribution >= 4 is 35.2 Å². The molecule has 0 radical (unpaired) electrons. The maximum absolute atomic E-state index is 13.0. The van der Waals surface area contributed by atoms with Gasteiger partial charge in [0.05, 0.1) is 30.2 Å². The van der Waals surface area contributed by atoms with Crippen LogP contribution in [0.1, 0.15) is 37.2 Å². The van der Waals surface area contributed by atoms with Crippen molar-refractivity contribution in [2.75, 3.05) is 43.9 Å². The van der Waals surface area contributed by atoms with E-state index in [1.807, 2.05) is 35.2 Å². The Morgan fingerprint density at radius 3 is 2.38 bits per heavy atom. The smallest absolute Gasteiger partial charge is 0.256 e. The summed E-state index contributed by atoms with van der Waals surface area (Å²) >= 11 is 1.61. The third-order valence-electron chi connectivity index (χ3n) is 6.61. The molecular formula is C29H29N3O4S. The molecule has 3 amide bonds. The summed E-state index contributed by atoms with van der Waals surface area (Å²) in [6.07, 6.45) is 0.798. The van der Waals surface area contributed by atoms with Gasteiger partial charge < -0.3 is 19.9 Å². The molecule has 0 spiro atoms. The predicted molar refractivity (Wildman–Crippen MR) is 145 cm³/mol. The van der Waals surface area contributed by atoms with E-state index >= 15 is 0 Å². The Morgan fingerprint density at radius 2 is 1.62 bits per heavy atom. The topological polar surface area (TPSA) is 79.0 Å². The third kappa shape index (κ3) is 5.87. The van der Waals surface area contributed by atoms with E-state index in [2.05, 4.69) is 17.4 Å². The number of hydrogen-bond acceptors (Lipinski definition) is 5. The lowest BCUT2D eigenvalue weighted by Gasteiger charge is -2.27. The number of nitrogens with one attached hydrogen (secondary N) is 1. The van der Waals surface area contributed by atoms with Crippen molar-refractivity contribution in [3.8, 4) is 0 Å². The molecule has 0 aromatic heterocycles. The fourth-order valence-electron chi connectivity index (χ4n) is 4.58. The first-order valence-corrected chi connectivity index (χ1v) is 13.5. The number of thioether (sulfide) groups is 1. The van der Waals surface area contributed by atoms with Crippen LogP contribution in [0.4, 0.5) is 5.69 Å². The Hall–Kier alpha value is -3.62. The summed E-state index contributed by atoms with van der Waals surface area (Å²) in [5.74, 6) is 0.183. The number of rotatable bonds is 7. The van der Waals surface area contributed by atoms with Crippen LogP contribution in [0.3, 0.4) is 0 Å². The summed E-state index contributed by atoms with van der Waals surface area (Å²) in [6, 6.07) is 24.6. The van der Waals surface area contributed by atoms with Crippen molar-refractivity contribution in [2.24, 2.45) is 0 Å². The molecule has 1 N–H and O–H groups in total. The van der Waals surface area contributed by atoms with Crippen molar-refractivity contribution in [3.05, 3.63) is 101 Å². The Morgan fingerprint density at radius 1 is 0.919 bits per heavy atom. The molecule has 0 aliphatic carbocycles. The normalized spacial score (nSPS) is 17.6. The molecule has 2 aliphatic rings. The van der Waals surface area contributed by atoms with Crippen molar-refractivity contribution in [2.45, 2.75) is 11.8 Å². The lowest BCUT2D eigenvalue weighted by atomic mass is 10.1. The monoisotopic (exact) mass is 515 g/mol. The number of para-hydroxylation sites is 1. The maximum Gasteiger partial charge on any atom is 0.256 e. The first-order chi connectivity index (χ1) is 18.1. The van der Waals surface area contributed by atoms with Crippen molar-refractivity contribution in [1.82, 2.24) is 9.80 Å². The number of anilines is 1. The standard InChI is InChI=1S/C29H29N3O4S/c33-26-20-37-29(32(26)15-14-21-6-2-1-3-7-21)23-12-10-22(11-13-23)27(34)30-25-9-5-4-8-24(25)28(35)31-16-18-36-19-17-31/h1-13,29H,14-20H2,(H,30,34)/t29-/m0/s1. The molecular weight excluding hydrogens is 486 g/mol. The summed E-state index contributed by atoms with van der Waals surface area (Å²) < 4.78 is 5.34. The van der Waals surface area contributed by atoms with E-state index < -0.39 is 0 Å². The van der Waals surface area contributed by atoms with E-state index in [9.17, 15) is 14.4 Å². The van der Waals surface area contributed by atoms with Crippen molar-refractivity contribution in [3.63, 3.8) is 0 Å². The number of nitrogens with zero attached hydrogens (tertiary/aromatic N) is 2. The van der Waals surface area contributed by atoms with Crippen LogP contribution in [0.5, 0.6) is 0 Å². The summed E-state index contributed by atoms with van der Waals surface area (Å²) in [5.41, 5.74) is 3.62. The van der Waals surface area contributed by atoms with Gasteiger partial charge in [0.2, 0.25) is 5.91 Å². The molecule has 190 valence electrons. The van der Waals surface area contributed by atoms with E-state index in [1.54, 1.807) is 53.1 Å². The van der Waals surface area contributed by atoms with E-state index in [-0.39, 0.29) is 23.1 Å². The molecule has 3 aromatic rings. The minimum Gasteiger partial charge on any atom is -0.378 e. The van der Waals surface area contributed by atoms with Gasteiger partial charge >= 0.3 is 0 Å². The van der Waals surface area contributed by atoms with E-state index in [0.717, 1.165) is 12.0 Å². The second-order valence-corrected chi connectivity index (χ2v) is 10.1. The average molecular weight is 516 g/mol. The Bertz CT molecular complexity index is 1260. The Kier molecular flexibility index (Phi) is 7.87. The summed E-state index contributed by atoms with van der Waals surface area (Å²) in [7, 11) is 0. The lowest BCUT2D eigenvalue weighted by Crippen LogP contribution is -2.41. The number of carbonyl (C=O) groups excluding carboxylic acids is 3. The molecule has 2 heterocycles. The van der Waals surface area contributed by atoms with Gasteiger partial charge in [-0.2, -0.15) is 0 Å². The van der Waals surface area contributed by atoms with Gasteiger partial charge in [-0.1, -0.05) is 54.6 Å². The van der Waals surface area contributed by atoms with Crippen LogP contribution in [0.2, 0.25) is 0 Å². The molecule has 0 unspecified atom stereocenters. The molecule has 2 aliphatic heterocycles. The first kappa shape index (κ1) is 25.0. The largest absolute Gasteiger partial charge is 0.378 e. The van der Waals surface area contributed by atoms with Crippen molar-refractivity contribution in [1.29, 1.82) is 0 Å². The fourth-order valence-corrected chi connectivity index (χ4v) is 5.79. The van der Waals surface area contributed by atoms with E-state index in [1.165, 1.54) is 5.56 Å². The molecule has 0 saturated carbocycles. The highest BCUT2D eigenvalue weighted by Gasteiger charge is 2.32. The van der Waals surface area contributed by atoms with Gasteiger partial charge in [-0.3, -0.25) is 14.4 Å². The molecule has 2 fully saturated rings. The highest BCUT2D eigenvalue weighted by atomic mass is 32.2. The van der Waals surface area contributed by atoms with Gasteiger partial charge in [0.1, 0.15) is 5.37 Å². The quantitative estimate of drug-likeness (QED) is 0.510. The molecule has 7 nitrogen and oxygen atoms in total. The van der Waals surface area contributed by atoms with Gasteiger partial charge in [-0.15, -0.1) is 11.8 Å². The van der Waals surface area contributed by atoms with Crippen LogP contribution in [-0.2, 0) is 16.0 Å². The zero-order valence-electron chi connectivity index (χ0n) is 20.5. The number of hydrogen-bond donors (Lipinski definition) is 1. The second kappa shape index (κ2) is 11.6. The van der Waals surface area contributed by atoms with Crippen LogP contribution in [0, 0.1) is 0 Å². The molecule has 0 bridgehead atoms. The van der Waals surface area contributed by atoms with Gasteiger partial charge in [-0.05, 0) is 41.8 Å². The van der Waals surface area contributed by atoms with Crippen LogP contribution in [-0.4, -0.2) is 66.1 Å². The first-order valence-electron chi connectivity index (χ1n) is 12.4. The number of benzene rings is 3. The molecule has 1 atom stereocenters. The predicted octanol–water partition coefficient (Wildman–Crippen LogP) is 4.23. The third-order valence-corrected chi connectivity index (χ3v) is 7.87. The van der Waals surface area contributed by atoms with Crippen LogP contribution < -0.4 is 5.32 Å². The summed E-state index contributed by atoms with van der Waals surface area (Å²) in [4.78, 5) is 42.3. The second-order valence-electron chi connectivity index (χ2n) is 9.01. The van der Waals surface area contributed by atoms with Gasteiger partial charge in [0, 0.05) is 25.2 Å². The Balaban J connectivity index is 1.25. The van der Waals surface area contributed by atoms with E-state index in [0.29, 0.717) is 55.4 Å². The minimum absolute atomic E-state index is 0.0693. The van der Waals surface area contributed by atoms with Crippen molar-refractivity contribution < 1.29 is 19.1 Å². The minimum atomic E-state index is -0.287. The van der Waals surface area contributed by atoms with Gasteiger partial charge in [-0.25, -0.2) is 0 Å². The van der Waals surface area contributed by atoms with Crippen LogP contribution in [0.15, 0.2) is 78.9 Å². The molecule has 37 heavy (non-hydrogen) atoms. The summed E-state index contributed by atoms with van der Waals surface area (Å²) in [5, 5.41) is 2.83. The summed E-state index contributed by atoms with van der Waals surface area (Å²) in [6.45, 7) is 2.75. The zero-order valence-corrected chi connectivity index (χ0v) is 21.3. The number of amides is 3. The maximum atomic E-state index is 13.0. The van der Waals surface area contributed by atoms with E-state index in [4.69, 9.17) is 4.74 Å².